The second-order valence-electron chi connectivity index (χ2n) is 8.75. The highest BCUT2D eigenvalue weighted by Crippen LogP contribution is 2.28. The zero-order valence-corrected chi connectivity index (χ0v) is 19.9. The molecule has 1 fully saturated rings. The molecule has 0 N–H and O–H groups in total. The van der Waals surface area contributed by atoms with Crippen molar-refractivity contribution in [2.24, 2.45) is 0 Å². The largest absolute Gasteiger partial charge is 0.444 e. The average molecular weight is 488 g/mol. The lowest BCUT2D eigenvalue weighted by molar-refractivity contribution is -0.147. The van der Waals surface area contributed by atoms with E-state index in [0.29, 0.717) is 11.1 Å². The summed E-state index contributed by atoms with van der Waals surface area (Å²) in [5.74, 6) is -0.874. The minimum Gasteiger partial charge on any atom is -0.444 e. The first-order valence-corrected chi connectivity index (χ1v) is 12.0. The van der Waals surface area contributed by atoms with E-state index in [9.17, 15) is 9.59 Å². The van der Waals surface area contributed by atoms with Gasteiger partial charge in [0.05, 0.1) is 11.2 Å². The van der Waals surface area contributed by atoms with E-state index in [1.54, 1.807) is 6.92 Å². The van der Waals surface area contributed by atoms with E-state index in [0.717, 1.165) is 38.4 Å². The zero-order chi connectivity index (χ0) is 24.2. The number of oxazole rings is 1. The Morgan fingerprint density at radius 2 is 1.64 bits per heavy atom. The summed E-state index contributed by atoms with van der Waals surface area (Å²) in [6.07, 6.45) is 0.261. The molecule has 1 aliphatic rings. The molecule has 4 aromatic rings. The van der Waals surface area contributed by atoms with Crippen LogP contribution in [0.2, 0.25) is 0 Å². The number of rotatable bonds is 7. The fourth-order valence-corrected chi connectivity index (χ4v) is 4.57. The van der Waals surface area contributed by atoms with Crippen LogP contribution in [0, 0.1) is 0 Å². The number of ether oxygens (including phenoxy) is 1. The van der Waals surface area contributed by atoms with Crippen LogP contribution in [-0.2, 0) is 22.8 Å². The molecule has 0 saturated carbocycles. The van der Waals surface area contributed by atoms with Crippen molar-refractivity contribution in [2.45, 2.75) is 34.0 Å². The molecular weight excluding hydrogens is 454 g/mol. The Hall–Kier alpha value is -3.84. The topological polar surface area (TPSA) is 67.9 Å². The van der Waals surface area contributed by atoms with Crippen molar-refractivity contribution in [2.75, 3.05) is 31.1 Å². The van der Waals surface area contributed by atoms with E-state index in [4.69, 9.17) is 9.15 Å². The maximum absolute atomic E-state index is 12.4. The van der Waals surface area contributed by atoms with E-state index in [1.807, 2.05) is 24.3 Å². The monoisotopic (exact) mass is 487 g/mol. The Kier molecular flexibility index (Phi) is 7.90. The Bertz CT molecular complexity index is 1370. The highest BCUT2D eigenvalue weighted by molar-refractivity contribution is 5.87. The van der Waals surface area contributed by atoms with E-state index in [1.165, 1.54) is 21.3 Å². The van der Waals surface area contributed by atoms with Gasteiger partial charge in [0, 0.05) is 39.1 Å². The Morgan fingerprint density at radius 3 is 2.39 bits per heavy atom. The van der Waals surface area contributed by atoms with Gasteiger partial charge in [0.15, 0.2) is 12.3 Å². The third-order valence-corrected chi connectivity index (χ3v) is 6.47. The molecule has 188 valence electrons. The Morgan fingerprint density at radius 1 is 0.917 bits per heavy atom. The number of anilines is 1. The quantitative estimate of drug-likeness (QED) is 0.337. The molecule has 2 heterocycles. The molecular formula is C29H33N3O4. The van der Waals surface area contributed by atoms with Gasteiger partial charge in [0.25, 0.3) is 0 Å². The van der Waals surface area contributed by atoms with Crippen LogP contribution < -0.4 is 10.7 Å². The molecule has 0 aliphatic carbocycles. The average Bonchev–Trinajstić information content (AvgIpc) is 3.23. The number of aromatic nitrogens is 1. The van der Waals surface area contributed by atoms with Crippen LogP contribution in [0.4, 0.5) is 5.69 Å². The van der Waals surface area contributed by atoms with Gasteiger partial charge in [0.1, 0.15) is 0 Å². The van der Waals surface area contributed by atoms with Gasteiger partial charge in [-0.25, -0.2) is 9.36 Å². The van der Waals surface area contributed by atoms with Gasteiger partial charge < -0.3 is 14.1 Å². The number of benzene rings is 3. The Labute approximate surface area is 211 Å². The van der Waals surface area contributed by atoms with Crippen LogP contribution >= 0.6 is 0 Å². The lowest BCUT2D eigenvalue weighted by atomic mass is 10.0. The number of hydrogen-bond donors (Lipinski definition) is 0. The van der Waals surface area contributed by atoms with Gasteiger partial charge in [-0.3, -0.25) is 9.69 Å². The molecule has 5 rings (SSSR count). The Balaban J connectivity index is 0.00000304. The molecule has 0 spiro atoms. The molecule has 0 amide bonds. The molecule has 0 atom stereocenters. The number of carbonyl (C=O) groups excluding carboxylic acids is 1. The van der Waals surface area contributed by atoms with Gasteiger partial charge in [-0.15, -0.1) is 0 Å². The molecule has 7 nitrogen and oxygen atoms in total. The first kappa shape index (κ1) is 25.3. The first-order valence-electron chi connectivity index (χ1n) is 12.0. The van der Waals surface area contributed by atoms with Crippen LogP contribution in [0.15, 0.2) is 82.0 Å². The molecule has 1 saturated heterocycles. The van der Waals surface area contributed by atoms with Gasteiger partial charge in [-0.1, -0.05) is 68.9 Å². The van der Waals surface area contributed by atoms with Crippen molar-refractivity contribution in [1.29, 1.82) is 0 Å². The van der Waals surface area contributed by atoms with Crippen molar-refractivity contribution in [3.8, 4) is 11.1 Å². The minimum atomic E-state index is -0.520. The lowest BCUT2D eigenvalue weighted by Crippen LogP contribution is -2.46. The van der Waals surface area contributed by atoms with Gasteiger partial charge in [-0.05, 0) is 34.9 Å². The standard InChI is InChI=1S/C28H29N3O4.CH4/c1-2-26(32)34-20-31-25-13-7-12-24(27(25)35-28(31)33)30-16-14-29(15-17-30)19-21-8-6-11-23(18-21)22-9-4-3-5-10-22;/h3-13,18H,2,14-17,19-20H2,1H3;1H4. The van der Waals surface area contributed by atoms with Crippen molar-refractivity contribution < 1.29 is 13.9 Å². The SMILES string of the molecule is C.CCC(=O)OCn1c(=O)oc2c(N3CCN(Cc4cccc(-c5ccccc5)c4)CC3)cccc21. The second kappa shape index (κ2) is 11.3. The van der Waals surface area contributed by atoms with E-state index < -0.39 is 5.76 Å². The summed E-state index contributed by atoms with van der Waals surface area (Å²) in [5, 5.41) is 0. The summed E-state index contributed by atoms with van der Waals surface area (Å²) < 4.78 is 12.1. The molecule has 1 aliphatic heterocycles. The summed E-state index contributed by atoms with van der Waals surface area (Å²) in [6, 6.07) is 24.9. The summed E-state index contributed by atoms with van der Waals surface area (Å²) in [5.41, 5.74) is 5.82. The number of esters is 1. The second-order valence-corrected chi connectivity index (χ2v) is 8.75. The first-order chi connectivity index (χ1) is 17.1. The van der Waals surface area contributed by atoms with Gasteiger partial charge in [0.2, 0.25) is 0 Å². The van der Waals surface area contributed by atoms with Crippen molar-refractivity contribution in [3.05, 3.63) is 88.9 Å². The number of hydrogen-bond acceptors (Lipinski definition) is 6. The third-order valence-electron chi connectivity index (χ3n) is 6.47. The van der Waals surface area contributed by atoms with E-state index in [2.05, 4.69) is 58.3 Å². The highest BCUT2D eigenvalue weighted by atomic mass is 16.5. The minimum absolute atomic E-state index is 0. The summed E-state index contributed by atoms with van der Waals surface area (Å²) in [6.45, 7) is 5.95. The molecule has 36 heavy (non-hydrogen) atoms. The molecule has 3 aromatic carbocycles. The summed E-state index contributed by atoms with van der Waals surface area (Å²) >= 11 is 0. The lowest BCUT2D eigenvalue weighted by Gasteiger charge is -2.36. The molecule has 1 aromatic heterocycles. The van der Waals surface area contributed by atoms with Gasteiger partial charge in [-0.2, -0.15) is 0 Å². The molecule has 0 radical (unpaired) electrons. The van der Waals surface area contributed by atoms with Gasteiger partial charge >= 0.3 is 11.7 Å². The normalized spacial score (nSPS) is 14.0. The predicted molar refractivity (Wildman–Crippen MR) is 143 cm³/mol. The fourth-order valence-electron chi connectivity index (χ4n) is 4.57. The van der Waals surface area contributed by atoms with Crippen LogP contribution in [0.1, 0.15) is 26.3 Å². The maximum atomic E-state index is 12.4. The maximum Gasteiger partial charge on any atom is 0.422 e. The smallest absolute Gasteiger partial charge is 0.422 e. The summed E-state index contributed by atoms with van der Waals surface area (Å²) in [4.78, 5) is 28.7. The van der Waals surface area contributed by atoms with Crippen molar-refractivity contribution in [3.63, 3.8) is 0 Å². The zero-order valence-electron chi connectivity index (χ0n) is 19.9. The summed E-state index contributed by atoms with van der Waals surface area (Å²) in [7, 11) is 0. The van der Waals surface area contributed by atoms with Crippen LogP contribution in [0.25, 0.3) is 22.2 Å². The van der Waals surface area contributed by atoms with Crippen molar-refractivity contribution >= 4 is 22.8 Å². The molecule has 7 heteroatoms. The highest BCUT2D eigenvalue weighted by Gasteiger charge is 2.22. The number of nitrogens with zero attached hydrogens (tertiary/aromatic N) is 3. The van der Waals surface area contributed by atoms with E-state index in [-0.39, 0.29) is 26.5 Å². The number of para-hydroxylation sites is 1. The third kappa shape index (κ3) is 5.36. The predicted octanol–water partition coefficient (Wildman–Crippen LogP) is 5.13. The van der Waals surface area contributed by atoms with Crippen molar-refractivity contribution in [1.82, 2.24) is 9.47 Å². The van der Waals surface area contributed by atoms with Crippen LogP contribution in [0.5, 0.6) is 0 Å². The fraction of sp³-hybridized carbons (Fsp3) is 0.310. The van der Waals surface area contributed by atoms with Crippen LogP contribution in [0.3, 0.4) is 0 Å². The molecule has 0 unspecified atom stereocenters. The van der Waals surface area contributed by atoms with E-state index >= 15 is 0 Å². The van der Waals surface area contributed by atoms with Crippen LogP contribution in [-0.4, -0.2) is 41.6 Å². The number of carbonyl (C=O) groups is 1. The molecule has 0 bridgehead atoms. The number of piperazine rings is 1. The number of fused-ring (bicyclic) bond motifs is 1.